The number of aromatic nitrogens is 4. The maximum Gasteiger partial charge on any atom is 0.246 e. The predicted molar refractivity (Wildman–Crippen MR) is 146 cm³/mol. The molecule has 2 aliphatic heterocycles. The minimum Gasteiger partial charge on any atom is -0.383 e. The number of nitrogens with two attached hydrogens (primary N) is 1. The van der Waals surface area contributed by atoms with E-state index in [9.17, 15) is 4.79 Å². The van der Waals surface area contributed by atoms with Crippen LogP contribution in [0.25, 0.3) is 22.3 Å². The summed E-state index contributed by atoms with van der Waals surface area (Å²) >= 11 is 0. The Labute approximate surface area is 216 Å². The molecule has 188 valence electrons. The Morgan fingerprint density at radius 2 is 1.95 bits per heavy atom. The van der Waals surface area contributed by atoms with Crippen molar-refractivity contribution in [2.75, 3.05) is 30.3 Å². The lowest BCUT2D eigenvalue weighted by Crippen LogP contribution is -2.40. The van der Waals surface area contributed by atoms with E-state index in [1.54, 1.807) is 0 Å². The smallest absolute Gasteiger partial charge is 0.246 e. The maximum absolute atomic E-state index is 12.3. The molecule has 0 aliphatic carbocycles. The van der Waals surface area contributed by atoms with Crippen LogP contribution < -0.4 is 10.6 Å². The number of hydrogen-bond acceptors (Lipinski definition) is 6. The van der Waals surface area contributed by atoms with Crippen LogP contribution in [0, 0.1) is 0 Å². The number of nitrogens with zero attached hydrogens (tertiary/aromatic N) is 6. The van der Waals surface area contributed by atoms with E-state index in [4.69, 9.17) is 10.8 Å². The van der Waals surface area contributed by atoms with E-state index >= 15 is 0 Å². The Bertz CT molecular complexity index is 1480. The number of fused-ring (bicyclic) bond motifs is 2. The highest BCUT2D eigenvalue weighted by atomic mass is 16.2. The van der Waals surface area contributed by atoms with Gasteiger partial charge in [-0.2, -0.15) is 5.10 Å². The summed E-state index contributed by atoms with van der Waals surface area (Å²) < 4.78 is 1.93. The first-order chi connectivity index (χ1) is 18.0. The van der Waals surface area contributed by atoms with Gasteiger partial charge in [0.05, 0.1) is 11.4 Å². The number of para-hydroxylation sites is 1. The fraction of sp³-hybridized carbons (Fsp3) is 0.310. The van der Waals surface area contributed by atoms with Crippen molar-refractivity contribution in [2.45, 2.75) is 38.3 Å². The molecule has 2 aliphatic rings. The summed E-state index contributed by atoms with van der Waals surface area (Å²) in [6.07, 6.45) is 4.66. The lowest BCUT2D eigenvalue weighted by molar-refractivity contribution is -0.127. The summed E-state index contributed by atoms with van der Waals surface area (Å²) in [5.74, 6) is 0.889. The Balaban J connectivity index is 1.31. The van der Waals surface area contributed by atoms with Gasteiger partial charge in [0, 0.05) is 43.3 Å². The fourth-order valence-electron chi connectivity index (χ4n) is 5.79. The number of anilines is 2. The third kappa shape index (κ3) is 4.12. The molecule has 6 rings (SSSR count). The van der Waals surface area contributed by atoms with E-state index in [-0.39, 0.29) is 11.9 Å². The number of carbonyl (C=O) groups is 1. The summed E-state index contributed by atoms with van der Waals surface area (Å²) in [7, 11) is 0. The third-order valence-corrected chi connectivity index (χ3v) is 7.65. The maximum atomic E-state index is 12.3. The van der Waals surface area contributed by atoms with Crippen molar-refractivity contribution >= 4 is 28.4 Å². The zero-order valence-corrected chi connectivity index (χ0v) is 21.0. The number of amides is 1. The fourth-order valence-corrected chi connectivity index (χ4v) is 5.79. The van der Waals surface area contributed by atoms with Crippen molar-refractivity contribution in [1.29, 1.82) is 0 Å². The van der Waals surface area contributed by atoms with Crippen molar-refractivity contribution in [3.8, 4) is 11.3 Å². The van der Waals surface area contributed by atoms with Crippen molar-refractivity contribution < 1.29 is 4.79 Å². The van der Waals surface area contributed by atoms with Crippen molar-refractivity contribution in [3.05, 3.63) is 78.6 Å². The monoisotopic (exact) mass is 493 g/mol. The van der Waals surface area contributed by atoms with E-state index < -0.39 is 0 Å². The second kappa shape index (κ2) is 9.35. The molecule has 1 saturated heterocycles. The van der Waals surface area contributed by atoms with Crippen LogP contribution in [0.5, 0.6) is 0 Å². The molecule has 1 amide bonds. The van der Waals surface area contributed by atoms with Gasteiger partial charge in [0.1, 0.15) is 17.8 Å². The molecule has 8 nitrogen and oxygen atoms in total. The molecular weight excluding hydrogens is 462 g/mol. The number of nitrogen functional groups attached to an aromatic ring is 1. The summed E-state index contributed by atoms with van der Waals surface area (Å²) in [6.45, 7) is 9.11. The second-order valence-electron chi connectivity index (χ2n) is 10.1. The number of benzene rings is 2. The number of carbonyl (C=O) groups excluding carboxylic acids is 1. The van der Waals surface area contributed by atoms with Gasteiger partial charge in [-0.05, 0) is 36.1 Å². The van der Waals surface area contributed by atoms with Crippen LogP contribution >= 0.6 is 0 Å². The molecule has 2 unspecified atom stereocenters. The molecule has 0 bridgehead atoms. The first kappa shape index (κ1) is 23.2. The van der Waals surface area contributed by atoms with Crippen molar-refractivity contribution in [2.24, 2.45) is 0 Å². The Morgan fingerprint density at radius 1 is 1.14 bits per heavy atom. The van der Waals surface area contributed by atoms with Gasteiger partial charge in [0.15, 0.2) is 5.65 Å². The van der Waals surface area contributed by atoms with Gasteiger partial charge in [0.25, 0.3) is 0 Å². The Kier molecular flexibility index (Phi) is 5.87. The molecule has 37 heavy (non-hydrogen) atoms. The van der Waals surface area contributed by atoms with Gasteiger partial charge < -0.3 is 15.5 Å². The van der Waals surface area contributed by atoms with E-state index in [1.807, 2.05) is 9.58 Å². The first-order valence-electron chi connectivity index (χ1n) is 12.9. The summed E-state index contributed by atoms with van der Waals surface area (Å²) in [6, 6.07) is 17.2. The average Bonchev–Trinajstić information content (AvgIpc) is 3.48. The molecule has 2 aromatic heterocycles. The first-order valence-corrected chi connectivity index (χ1v) is 12.9. The second-order valence-corrected chi connectivity index (χ2v) is 10.1. The van der Waals surface area contributed by atoms with Crippen LogP contribution in [0.1, 0.15) is 42.9 Å². The minimum atomic E-state index is -0.0545. The van der Waals surface area contributed by atoms with Gasteiger partial charge in [-0.1, -0.05) is 56.0 Å². The highest BCUT2D eigenvalue weighted by molar-refractivity contribution is 5.98. The Morgan fingerprint density at radius 3 is 2.76 bits per heavy atom. The van der Waals surface area contributed by atoms with Crippen LogP contribution in [-0.2, 0) is 11.3 Å². The zero-order chi connectivity index (χ0) is 25.5. The molecule has 2 aromatic carbocycles. The van der Waals surface area contributed by atoms with Crippen LogP contribution in [0.2, 0.25) is 0 Å². The molecular formula is C29H31N7O. The lowest BCUT2D eigenvalue weighted by atomic mass is 10.0. The summed E-state index contributed by atoms with van der Waals surface area (Å²) in [5, 5.41) is 5.75. The number of rotatable bonds is 5. The number of piperidine rings is 1. The average molecular weight is 494 g/mol. The zero-order valence-electron chi connectivity index (χ0n) is 21.0. The molecule has 1 fully saturated rings. The van der Waals surface area contributed by atoms with E-state index in [2.05, 4.69) is 76.9 Å². The van der Waals surface area contributed by atoms with Gasteiger partial charge >= 0.3 is 0 Å². The minimum absolute atomic E-state index is 0.0136. The summed E-state index contributed by atoms with van der Waals surface area (Å²) in [5.41, 5.74) is 12.8. The van der Waals surface area contributed by atoms with Crippen molar-refractivity contribution in [1.82, 2.24) is 24.6 Å². The molecule has 0 saturated carbocycles. The van der Waals surface area contributed by atoms with Crippen molar-refractivity contribution in [3.63, 3.8) is 0 Å². The predicted octanol–water partition coefficient (Wildman–Crippen LogP) is 4.55. The summed E-state index contributed by atoms with van der Waals surface area (Å²) in [4.78, 5) is 25.3. The van der Waals surface area contributed by atoms with Gasteiger partial charge in [-0.3, -0.25) is 4.79 Å². The molecule has 4 heterocycles. The highest BCUT2D eigenvalue weighted by Crippen LogP contribution is 2.37. The standard InChI is InChI=1S/C29H31N7O/c1-3-25(37)34-14-6-7-22(17-34)36-29-26(28(30)31-18-32-29)27(33-36)21-12-10-20(11-13-21)16-35-15-19(2)23-8-4-5-9-24(23)35/h3-5,8-13,18-19,22H,1,6-7,14-17H2,2H3,(H2,30,31,32). The molecule has 2 atom stereocenters. The van der Waals surface area contributed by atoms with Crippen LogP contribution in [0.3, 0.4) is 0 Å². The van der Waals surface area contributed by atoms with E-state index in [0.29, 0.717) is 23.9 Å². The number of likely N-dealkylation sites (tertiary alicyclic amines) is 1. The van der Waals surface area contributed by atoms with Crippen LogP contribution in [0.15, 0.2) is 67.5 Å². The normalized spacial score (nSPS) is 19.3. The van der Waals surface area contributed by atoms with E-state index in [1.165, 1.54) is 29.2 Å². The lowest BCUT2D eigenvalue weighted by Gasteiger charge is -2.32. The third-order valence-electron chi connectivity index (χ3n) is 7.65. The van der Waals surface area contributed by atoms with Crippen LogP contribution in [0.4, 0.5) is 11.5 Å². The highest BCUT2D eigenvalue weighted by Gasteiger charge is 2.28. The van der Waals surface area contributed by atoms with Gasteiger partial charge in [0.2, 0.25) is 5.91 Å². The van der Waals surface area contributed by atoms with Gasteiger partial charge in [-0.25, -0.2) is 14.6 Å². The van der Waals surface area contributed by atoms with Gasteiger partial charge in [-0.15, -0.1) is 0 Å². The Hall–Kier alpha value is -4.20. The quantitative estimate of drug-likeness (QED) is 0.410. The molecule has 0 radical (unpaired) electrons. The van der Waals surface area contributed by atoms with Crippen LogP contribution in [-0.4, -0.2) is 50.2 Å². The molecule has 8 heteroatoms. The van der Waals surface area contributed by atoms with E-state index in [0.717, 1.165) is 49.1 Å². The number of hydrogen-bond donors (Lipinski definition) is 1. The topological polar surface area (TPSA) is 93.2 Å². The molecule has 4 aromatic rings. The molecule has 0 spiro atoms. The molecule has 2 N–H and O–H groups in total. The largest absolute Gasteiger partial charge is 0.383 e. The SMILES string of the molecule is C=CC(=O)N1CCCC(n2nc(-c3ccc(CN4CC(C)c5ccccc54)cc3)c3c(N)ncnc32)C1.